The molecule has 6 heteroatoms. The van der Waals surface area contributed by atoms with E-state index in [0.29, 0.717) is 23.8 Å². The summed E-state index contributed by atoms with van der Waals surface area (Å²) in [6, 6.07) is 0.273. The summed E-state index contributed by atoms with van der Waals surface area (Å²) in [6.07, 6.45) is 7.35. The van der Waals surface area contributed by atoms with Crippen molar-refractivity contribution in [2.75, 3.05) is 26.1 Å². The predicted molar refractivity (Wildman–Crippen MR) is 81.4 cm³/mol. The summed E-state index contributed by atoms with van der Waals surface area (Å²) in [5, 5.41) is 3.09. The largest absolute Gasteiger partial charge is 0.378 e. The Balaban J connectivity index is 2.14. The number of carbonyl (C=O) groups is 1. The van der Waals surface area contributed by atoms with Gasteiger partial charge in [0.1, 0.15) is 0 Å². The molecular formula is C15H24N4O2. The van der Waals surface area contributed by atoms with Gasteiger partial charge in [-0.25, -0.2) is 9.97 Å². The number of nitrogens with zero attached hydrogens (tertiary/aromatic N) is 3. The van der Waals surface area contributed by atoms with E-state index in [4.69, 9.17) is 4.74 Å². The third-order valence-electron chi connectivity index (χ3n) is 3.72. The normalized spacial score (nSPS) is 15.8. The van der Waals surface area contributed by atoms with E-state index in [0.717, 1.165) is 12.8 Å². The zero-order valence-corrected chi connectivity index (χ0v) is 13.1. The minimum atomic E-state index is -0.0979. The molecule has 0 saturated heterocycles. The standard InChI is InChI=1S/C15H24N4O2/c1-19(2)15-16-9-12(13(18-15)10-21-3)14(20)17-11-7-5-4-6-8-11/h9,11H,4-8,10H2,1-3H3,(H,17,20). The van der Waals surface area contributed by atoms with Gasteiger partial charge in [0.2, 0.25) is 5.95 Å². The molecular weight excluding hydrogens is 268 g/mol. The molecule has 1 aromatic heterocycles. The van der Waals surface area contributed by atoms with Gasteiger partial charge in [-0.15, -0.1) is 0 Å². The summed E-state index contributed by atoms with van der Waals surface area (Å²) in [4.78, 5) is 22.9. The summed E-state index contributed by atoms with van der Waals surface area (Å²) < 4.78 is 5.15. The van der Waals surface area contributed by atoms with Crippen LogP contribution < -0.4 is 10.2 Å². The van der Waals surface area contributed by atoms with Crippen LogP contribution in [0.4, 0.5) is 5.95 Å². The van der Waals surface area contributed by atoms with Crippen LogP contribution in [0, 0.1) is 0 Å². The lowest BCUT2D eigenvalue weighted by atomic mass is 9.95. The van der Waals surface area contributed by atoms with E-state index >= 15 is 0 Å². The van der Waals surface area contributed by atoms with Gasteiger partial charge in [0.25, 0.3) is 5.91 Å². The zero-order chi connectivity index (χ0) is 15.2. The smallest absolute Gasteiger partial charge is 0.255 e. The molecule has 0 unspecified atom stereocenters. The number of methoxy groups -OCH3 is 1. The molecule has 0 atom stereocenters. The summed E-state index contributed by atoms with van der Waals surface area (Å²) in [6.45, 7) is 0.302. The molecule has 1 amide bonds. The van der Waals surface area contributed by atoms with Gasteiger partial charge >= 0.3 is 0 Å². The van der Waals surface area contributed by atoms with Gasteiger partial charge in [0.15, 0.2) is 0 Å². The zero-order valence-electron chi connectivity index (χ0n) is 13.1. The van der Waals surface area contributed by atoms with Crippen LogP contribution in [0.5, 0.6) is 0 Å². The first-order valence-corrected chi connectivity index (χ1v) is 7.45. The predicted octanol–water partition coefficient (Wildman–Crippen LogP) is 1.75. The minimum Gasteiger partial charge on any atom is -0.378 e. The maximum atomic E-state index is 12.4. The van der Waals surface area contributed by atoms with Crippen molar-refractivity contribution in [2.45, 2.75) is 44.8 Å². The van der Waals surface area contributed by atoms with Crippen LogP contribution in [-0.2, 0) is 11.3 Å². The highest BCUT2D eigenvalue weighted by molar-refractivity contribution is 5.95. The number of hydrogen-bond donors (Lipinski definition) is 1. The van der Waals surface area contributed by atoms with Crippen LogP contribution in [0.3, 0.4) is 0 Å². The lowest BCUT2D eigenvalue weighted by molar-refractivity contribution is 0.0921. The maximum Gasteiger partial charge on any atom is 0.255 e. The van der Waals surface area contributed by atoms with E-state index in [1.165, 1.54) is 19.3 Å². The molecule has 2 rings (SSSR count). The van der Waals surface area contributed by atoms with Crippen molar-refractivity contribution in [1.82, 2.24) is 15.3 Å². The number of aromatic nitrogens is 2. The van der Waals surface area contributed by atoms with Crippen molar-refractivity contribution in [3.05, 3.63) is 17.5 Å². The summed E-state index contributed by atoms with van der Waals surface area (Å²) in [7, 11) is 5.33. The second kappa shape index (κ2) is 7.36. The molecule has 0 aliphatic heterocycles. The number of carbonyl (C=O) groups excluding carboxylic acids is 1. The van der Waals surface area contributed by atoms with E-state index < -0.39 is 0 Å². The van der Waals surface area contributed by atoms with Crippen LogP contribution in [-0.4, -0.2) is 43.1 Å². The second-order valence-corrected chi connectivity index (χ2v) is 5.67. The maximum absolute atomic E-state index is 12.4. The Morgan fingerprint density at radius 3 is 2.71 bits per heavy atom. The van der Waals surface area contributed by atoms with Crippen LogP contribution in [0.2, 0.25) is 0 Å². The molecule has 0 spiro atoms. The number of rotatable bonds is 5. The third-order valence-corrected chi connectivity index (χ3v) is 3.72. The fourth-order valence-electron chi connectivity index (χ4n) is 2.57. The number of ether oxygens (including phenoxy) is 1. The first-order valence-electron chi connectivity index (χ1n) is 7.45. The molecule has 21 heavy (non-hydrogen) atoms. The van der Waals surface area contributed by atoms with E-state index in [9.17, 15) is 4.79 Å². The van der Waals surface area contributed by atoms with E-state index in [-0.39, 0.29) is 11.9 Å². The SMILES string of the molecule is COCc1nc(N(C)C)ncc1C(=O)NC1CCCCC1. The average molecular weight is 292 g/mol. The molecule has 1 N–H and O–H groups in total. The molecule has 6 nitrogen and oxygen atoms in total. The Morgan fingerprint density at radius 1 is 1.38 bits per heavy atom. The molecule has 116 valence electrons. The Kier molecular flexibility index (Phi) is 5.50. The van der Waals surface area contributed by atoms with Crippen molar-refractivity contribution in [2.24, 2.45) is 0 Å². The highest BCUT2D eigenvalue weighted by atomic mass is 16.5. The Morgan fingerprint density at radius 2 is 2.10 bits per heavy atom. The molecule has 0 radical (unpaired) electrons. The van der Waals surface area contributed by atoms with Crippen LogP contribution >= 0.6 is 0 Å². The first-order chi connectivity index (χ1) is 10.1. The van der Waals surface area contributed by atoms with Gasteiger partial charge in [0, 0.05) is 33.4 Å². The summed E-state index contributed by atoms with van der Waals surface area (Å²) in [5.74, 6) is 0.482. The highest BCUT2D eigenvalue weighted by Crippen LogP contribution is 2.18. The summed E-state index contributed by atoms with van der Waals surface area (Å²) >= 11 is 0. The molecule has 0 bridgehead atoms. The van der Waals surface area contributed by atoms with E-state index in [2.05, 4.69) is 15.3 Å². The Hall–Kier alpha value is -1.69. The fourth-order valence-corrected chi connectivity index (χ4v) is 2.57. The molecule has 1 aromatic rings. The molecule has 0 aromatic carbocycles. The molecule has 1 heterocycles. The Bertz CT molecular complexity index is 485. The van der Waals surface area contributed by atoms with Crippen molar-refractivity contribution in [3.63, 3.8) is 0 Å². The summed E-state index contributed by atoms with van der Waals surface area (Å²) in [5.41, 5.74) is 1.14. The lowest BCUT2D eigenvalue weighted by Gasteiger charge is -2.23. The first kappa shape index (κ1) is 15.7. The Labute approximate surface area is 125 Å². The quantitative estimate of drug-likeness (QED) is 0.895. The number of amides is 1. The van der Waals surface area contributed by atoms with Crippen molar-refractivity contribution < 1.29 is 9.53 Å². The van der Waals surface area contributed by atoms with E-state index in [1.807, 2.05) is 19.0 Å². The average Bonchev–Trinajstić information content (AvgIpc) is 2.48. The number of nitrogens with one attached hydrogen (secondary N) is 1. The molecule has 1 aliphatic carbocycles. The van der Waals surface area contributed by atoms with Crippen molar-refractivity contribution in [3.8, 4) is 0 Å². The molecule has 1 saturated carbocycles. The van der Waals surface area contributed by atoms with Gasteiger partial charge in [-0.1, -0.05) is 19.3 Å². The van der Waals surface area contributed by atoms with Gasteiger partial charge in [-0.2, -0.15) is 0 Å². The third kappa shape index (κ3) is 4.14. The second-order valence-electron chi connectivity index (χ2n) is 5.67. The monoisotopic (exact) mass is 292 g/mol. The van der Waals surface area contributed by atoms with Crippen LogP contribution in [0.1, 0.15) is 48.2 Å². The lowest BCUT2D eigenvalue weighted by Crippen LogP contribution is -2.37. The minimum absolute atomic E-state index is 0.0979. The number of hydrogen-bond acceptors (Lipinski definition) is 5. The van der Waals surface area contributed by atoms with Gasteiger partial charge in [-0.3, -0.25) is 4.79 Å². The van der Waals surface area contributed by atoms with Crippen LogP contribution in [0.15, 0.2) is 6.20 Å². The van der Waals surface area contributed by atoms with Gasteiger partial charge in [0.05, 0.1) is 17.9 Å². The van der Waals surface area contributed by atoms with Gasteiger partial charge in [-0.05, 0) is 12.8 Å². The van der Waals surface area contributed by atoms with E-state index in [1.54, 1.807) is 13.3 Å². The van der Waals surface area contributed by atoms with Gasteiger partial charge < -0.3 is 15.0 Å². The van der Waals surface area contributed by atoms with Crippen molar-refractivity contribution in [1.29, 1.82) is 0 Å². The highest BCUT2D eigenvalue weighted by Gasteiger charge is 2.20. The molecule has 1 aliphatic rings. The van der Waals surface area contributed by atoms with Crippen molar-refractivity contribution >= 4 is 11.9 Å². The fraction of sp³-hybridized carbons (Fsp3) is 0.667. The van der Waals surface area contributed by atoms with Crippen LogP contribution in [0.25, 0.3) is 0 Å². The number of anilines is 1. The topological polar surface area (TPSA) is 67.3 Å². The molecule has 1 fully saturated rings.